The van der Waals surface area contributed by atoms with E-state index >= 15 is 0 Å². The Balaban J connectivity index is 1.51. The van der Waals surface area contributed by atoms with E-state index in [2.05, 4.69) is 20.1 Å². The minimum atomic E-state index is -3.01. The average Bonchev–Trinajstić information content (AvgIpc) is 3.31. The Bertz CT molecular complexity index is 1200. The minimum absolute atomic E-state index is 0.156. The molecule has 7 nitrogen and oxygen atoms in total. The molecule has 1 unspecified atom stereocenters. The molecule has 1 fully saturated rings. The van der Waals surface area contributed by atoms with Crippen molar-refractivity contribution in [2.24, 2.45) is 0 Å². The molecular formula is C19H16F2N6OS. The molecule has 1 aromatic carbocycles. The van der Waals surface area contributed by atoms with Gasteiger partial charge in [-0.2, -0.15) is 10.1 Å². The summed E-state index contributed by atoms with van der Waals surface area (Å²) in [6, 6.07) is 9.08. The fraction of sp³-hybridized carbons (Fsp3) is 0.316. The first-order chi connectivity index (χ1) is 13.9. The molecule has 29 heavy (non-hydrogen) atoms. The SMILES string of the molecule is Cc1cc(C2CN(C(=O)c3nc4ccccc4s3)CC(F)(F)C2)n2ncnc2n1. The number of nitrogens with zero attached hydrogens (tertiary/aromatic N) is 6. The molecular weight excluding hydrogens is 398 g/mol. The zero-order valence-corrected chi connectivity index (χ0v) is 16.2. The first-order valence-electron chi connectivity index (χ1n) is 9.10. The second kappa shape index (κ2) is 6.51. The molecule has 0 spiro atoms. The number of aromatic nitrogens is 5. The van der Waals surface area contributed by atoms with Crippen molar-refractivity contribution in [3.8, 4) is 0 Å². The molecule has 10 heteroatoms. The Hall–Kier alpha value is -3.01. The Morgan fingerprint density at radius 1 is 1.28 bits per heavy atom. The number of piperidine rings is 1. The van der Waals surface area contributed by atoms with E-state index in [0.29, 0.717) is 22.7 Å². The molecule has 0 bridgehead atoms. The summed E-state index contributed by atoms with van der Waals surface area (Å²) in [7, 11) is 0. The third-order valence-electron chi connectivity index (χ3n) is 5.00. The van der Waals surface area contributed by atoms with E-state index in [1.807, 2.05) is 18.2 Å². The lowest BCUT2D eigenvalue weighted by molar-refractivity contribution is -0.0641. The lowest BCUT2D eigenvalue weighted by Gasteiger charge is -2.37. The van der Waals surface area contributed by atoms with E-state index in [4.69, 9.17) is 0 Å². The number of carbonyl (C=O) groups excluding carboxylic acids is 1. The van der Waals surface area contributed by atoms with Gasteiger partial charge in [0.2, 0.25) is 0 Å². The molecule has 0 aliphatic carbocycles. The Morgan fingerprint density at radius 2 is 2.10 bits per heavy atom. The monoisotopic (exact) mass is 414 g/mol. The lowest BCUT2D eigenvalue weighted by Crippen LogP contribution is -2.49. The number of benzene rings is 1. The van der Waals surface area contributed by atoms with Crippen LogP contribution in [0.2, 0.25) is 0 Å². The molecule has 0 radical (unpaired) electrons. The zero-order valence-electron chi connectivity index (χ0n) is 15.4. The third kappa shape index (κ3) is 3.23. The standard InChI is InChI=1S/C19H16F2N6OS/c1-11-6-14(27-18(24-11)22-10-23-27)12-7-19(20,21)9-26(8-12)17(28)16-25-13-4-2-3-5-15(13)29-16/h2-6,10,12H,7-9H2,1H3. The van der Waals surface area contributed by atoms with Crippen LogP contribution in [0.4, 0.5) is 8.78 Å². The Labute approximate surface area is 168 Å². The van der Waals surface area contributed by atoms with Crippen LogP contribution in [0, 0.1) is 6.92 Å². The van der Waals surface area contributed by atoms with Crippen molar-refractivity contribution in [3.63, 3.8) is 0 Å². The molecule has 1 aliphatic rings. The predicted molar refractivity (Wildman–Crippen MR) is 103 cm³/mol. The van der Waals surface area contributed by atoms with Crippen LogP contribution in [0.1, 0.15) is 33.5 Å². The van der Waals surface area contributed by atoms with Crippen LogP contribution in [0.3, 0.4) is 0 Å². The Morgan fingerprint density at radius 3 is 2.93 bits per heavy atom. The predicted octanol–water partition coefficient (Wildman–Crippen LogP) is 3.31. The van der Waals surface area contributed by atoms with Gasteiger partial charge in [0, 0.05) is 24.6 Å². The Kier molecular flexibility index (Phi) is 4.05. The number of hydrogen-bond acceptors (Lipinski definition) is 6. The molecule has 1 aliphatic heterocycles. The van der Waals surface area contributed by atoms with Gasteiger partial charge in [0.05, 0.1) is 22.5 Å². The van der Waals surface area contributed by atoms with Crippen molar-refractivity contribution in [1.29, 1.82) is 0 Å². The van der Waals surface area contributed by atoms with E-state index in [9.17, 15) is 13.6 Å². The molecule has 0 N–H and O–H groups in total. The summed E-state index contributed by atoms with van der Waals surface area (Å²) in [4.78, 5) is 26.9. The van der Waals surface area contributed by atoms with E-state index < -0.39 is 24.3 Å². The summed E-state index contributed by atoms with van der Waals surface area (Å²) >= 11 is 1.22. The number of amides is 1. The zero-order chi connectivity index (χ0) is 20.2. The van der Waals surface area contributed by atoms with Gasteiger partial charge >= 0.3 is 0 Å². The summed E-state index contributed by atoms with van der Waals surface area (Å²) in [6.45, 7) is 1.31. The van der Waals surface area contributed by atoms with Gasteiger partial charge in [-0.1, -0.05) is 12.1 Å². The van der Waals surface area contributed by atoms with Crippen LogP contribution >= 0.6 is 11.3 Å². The van der Waals surface area contributed by atoms with Gasteiger partial charge in [-0.3, -0.25) is 4.79 Å². The van der Waals surface area contributed by atoms with Crippen molar-refractivity contribution in [1.82, 2.24) is 29.5 Å². The summed E-state index contributed by atoms with van der Waals surface area (Å²) in [5.41, 5.74) is 1.93. The molecule has 1 atom stereocenters. The number of halogens is 2. The number of rotatable bonds is 2. The summed E-state index contributed by atoms with van der Waals surface area (Å²) in [6.07, 6.45) is 0.978. The largest absolute Gasteiger partial charge is 0.330 e. The number of para-hydroxylation sites is 1. The summed E-state index contributed by atoms with van der Waals surface area (Å²) < 4.78 is 31.6. The summed E-state index contributed by atoms with van der Waals surface area (Å²) in [5, 5.41) is 4.35. The fourth-order valence-electron chi connectivity index (χ4n) is 3.80. The average molecular weight is 414 g/mol. The van der Waals surface area contributed by atoms with Crippen molar-refractivity contribution in [2.75, 3.05) is 13.1 Å². The van der Waals surface area contributed by atoms with E-state index in [1.54, 1.807) is 19.1 Å². The quantitative estimate of drug-likeness (QED) is 0.503. The maximum Gasteiger partial charge on any atom is 0.283 e. The highest BCUT2D eigenvalue weighted by Crippen LogP contribution is 2.37. The van der Waals surface area contributed by atoms with Crippen molar-refractivity contribution < 1.29 is 13.6 Å². The minimum Gasteiger partial charge on any atom is -0.330 e. The highest BCUT2D eigenvalue weighted by molar-refractivity contribution is 7.20. The first kappa shape index (κ1) is 18.0. The van der Waals surface area contributed by atoms with Gasteiger partial charge in [-0.05, 0) is 25.1 Å². The van der Waals surface area contributed by atoms with Gasteiger partial charge < -0.3 is 4.90 Å². The van der Waals surface area contributed by atoms with E-state index in [-0.39, 0.29) is 18.0 Å². The van der Waals surface area contributed by atoms with Crippen LogP contribution in [0.25, 0.3) is 16.0 Å². The number of likely N-dealkylation sites (tertiary alicyclic amines) is 1. The molecule has 148 valence electrons. The van der Waals surface area contributed by atoms with Crippen LogP contribution in [0.15, 0.2) is 36.7 Å². The van der Waals surface area contributed by atoms with Crippen molar-refractivity contribution in [3.05, 3.63) is 53.1 Å². The number of alkyl halides is 2. The van der Waals surface area contributed by atoms with Gasteiger partial charge in [-0.25, -0.2) is 23.3 Å². The van der Waals surface area contributed by atoms with Gasteiger partial charge in [-0.15, -0.1) is 11.3 Å². The third-order valence-corrected chi connectivity index (χ3v) is 6.02. The maximum atomic E-state index is 14.6. The topological polar surface area (TPSA) is 76.3 Å². The summed E-state index contributed by atoms with van der Waals surface area (Å²) in [5.74, 6) is -3.73. The number of hydrogen-bond donors (Lipinski definition) is 0. The number of aryl methyl sites for hydroxylation is 1. The molecule has 1 amide bonds. The van der Waals surface area contributed by atoms with Gasteiger partial charge in [0.15, 0.2) is 5.01 Å². The molecule has 5 rings (SSSR count). The number of thiazole rings is 1. The highest BCUT2D eigenvalue weighted by Gasteiger charge is 2.44. The second-order valence-corrected chi connectivity index (χ2v) is 8.25. The van der Waals surface area contributed by atoms with Crippen molar-refractivity contribution >= 4 is 33.2 Å². The van der Waals surface area contributed by atoms with Crippen molar-refractivity contribution in [2.45, 2.75) is 25.2 Å². The molecule has 4 aromatic rings. The van der Waals surface area contributed by atoms with E-state index in [1.165, 1.54) is 27.1 Å². The lowest BCUT2D eigenvalue weighted by atomic mass is 9.91. The van der Waals surface area contributed by atoms with Crippen LogP contribution < -0.4 is 0 Å². The van der Waals surface area contributed by atoms with Gasteiger partial charge in [0.1, 0.15) is 6.33 Å². The van der Waals surface area contributed by atoms with Crippen LogP contribution in [0.5, 0.6) is 0 Å². The highest BCUT2D eigenvalue weighted by atomic mass is 32.1. The number of fused-ring (bicyclic) bond motifs is 2. The van der Waals surface area contributed by atoms with Crippen LogP contribution in [-0.2, 0) is 0 Å². The van der Waals surface area contributed by atoms with Crippen LogP contribution in [-0.4, -0.2) is 54.4 Å². The fourth-order valence-corrected chi connectivity index (χ4v) is 4.73. The second-order valence-electron chi connectivity index (χ2n) is 7.22. The van der Waals surface area contributed by atoms with E-state index in [0.717, 1.165) is 4.70 Å². The number of carbonyl (C=O) groups is 1. The molecule has 1 saturated heterocycles. The molecule has 4 heterocycles. The molecule has 3 aromatic heterocycles. The van der Waals surface area contributed by atoms with Gasteiger partial charge in [0.25, 0.3) is 17.6 Å². The smallest absolute Gasteiger partial charge is 0.283 e. The molecule has 0 saturated carbocycles. The first-order valence-corrected chi connectivity index (χ1v) is 9.91. The maximum absolute atomic E-state index is 14.6. The normalized spacial score (nSPS) is 19.1.